The van der Waals surface area contributed by atoms with Crippen LogP contribution in [0.5, 0.6) is 0 Å². The summed E-state index contributed by atoms with van der Waals surface area (Å²) in [6.07, 6.45) is 0.985. The van der Waals surface area contributed by atoms with E-state index in [-0.39, 0.29) is 20.5 Å². The highest BCUT2D eigenvalue weighted by atomic mass is 35.5. The molecule has 10 nitrogen and oxygen atoms in total. The van der Waals surface area contributed by atoms with Gasteiger partial charge in [0.25, 0.3) is 5.69 Å². The molecule has 0 saturated carbocycles. The van der Waals surface area contributed by atoms with Gasteiger partial charge in [0.05, 0.1) is 21.6 Å². The second kappa shape index (κ2) is 8.97. The minimum absolute atomic E-state index is 0.0211. The number of aryl methyl sites for hydroxylation is 1. The van der Waals surface area contributed by atoms with E-state index >= 15 is 0 Å². The van der Waals surface area contributed by atoms with Crippen LogP contribution in [0.15, 0.2) is 51.5 Å². The average Bonchev–Trinajstić information content (AvgIpc) is 2.59. The van der Waals surface area contributed by atoms with Crippen LogP contribution in [0.25, 0.3) is 0 Å². The first-order chi connectivity index (χ1) is 13.1. The van der Waals surface area contributed by atoms with Crippen LogP contribution in [0.3, 0.4) is 0 Å². The second-order valence-electron chi connectivity index (χ2n) is 5.26. The van der Waals surface area contributed by atoms with Gasteiger partial charge < -0.3 is 5.73 Å². The number of nitrogens with zero attached hydrogens (tertiary/aromatic N) is 3. The van der Waals surface area contributed by atoms with Crippen LogP contribution in [0.1, 0.15) is 11.1 Å². The summed E-state index contributed by atoms with van der Waals surface area (Å²) in [5.74, 6) is -0.511. The minimum Gasteiger partial charge on any atom is -0.367 e. The van der Waals surface area contributed by atoms with Gasteiger partial charge in [-0.05, 0) is 31.2 Å². The molecule has 0 aliphatic rings. The maximum Gasteiger partial charge on any atom is 0.317 e. The van der Waals surface area contributed by atoms with Crippen molar-refractivity contribution in [3.63, 3.8) is 0 Å². The molecule has 0 bridgehead atoms. The quantitative estimate of drug-likeness (QED) is 0.300. The summed E-state index contributed by atoms with van der Waals surface area (Å²) in [6.45, 7) is 1.80. The van der Waals surface area contributed by atoms with Crippen LogP contribution in [0.4, 0.5) is 5.69 Å². The number of nitrogens with one attached hydrogen (secondary N) is 1. The highest BCUT2D eigenvalue weighted by molar-refractivity contribution is 7.86. The van der Waals surface area contributed by atoms with E-state index in [9.17, 15) is 18.5 Å². The second-order valence-corrected chi connectivity index (χ2v) is 7.65. The lowest BCUT2D eigenvalue weighted by Crippen LogP contribution is -2.33. The number of hydroxylamine groups is 1. The zero-order valence-corrected chi connectivity index (χ0v) is 16.5. The number of hydrogen-bond donors (Lipinski definition) is 2. The third-order valence-electron chi connectivity index (χ3n) is 3.17. The SMILES string of the molecule is Cc1ccc(S(=O)(=O)ONC(N)=NN=Cc2cc(Cl)cc(Cl)c2[N+](=O)[O-])cc1. The van der Waals surface area contributed by atoms with Crippen LogP contribution in [0.2, 0.25) is 10.0 Å². The average molecular weight is 446 g/mol. The molecule has 0 amide bonds. The van der Waals surface area contributed by atoms with Gasteiger partial charge in [-0.1, -0.05) is 40.9 Å². The standard InChI is InChI=1S/C15H13Cl2N5O5S/c1-9-2-4-12(5-3-9)28(25,26)27-21-15(18)20-19-8-10-6-11(16)7-13(17)14(10)22(23)24/h2-8H,1H3,(H3,18,20,21). The van der Waals surface area contributed by atoms with Crippen molar-refractivity contribution in [1.82, 2.24) is 5.48 Å². The molecule has 28 heavy (non-hydrogen) atoms. The van der Waals surface area contributed by atoms with Crippen LogP contribution in [-0.2, 0) is 14.4 Å². The predicted molar refractivity (Wildman–Crippen MR) is 105 cm³/mol. The number of hydrogen-bond acceptors (Lipinski definition) is 7. The molecule has 0 heterocycles. The Morgan fingerprint density at radius 3 is 2.54 bits per heavy atom. The molecular formula is C15H13Cl2N5O5S. The molecule has 0 aromatic heterocycles. The van der Waals surface area contributed by atoms with E-state index in [0.29, 0.717) is 0 Å². The Kier molecular flexibility index (Phi) is 6.91. The largest absolute Gasteiger partial charge is 0.367 e. The summed E-state index contributed by atoms with van der Waals surface area (Å²) >= 11 is 11.6. The summed E-state index contributed by atoms with van der Waals surface area (Å²) < 4.78 is 28.6. The van der Waals surface area contributed by atoms with E-state index in [1.165, 1.54) is 24.3 Å². The topological polar surface area (TPSA) is 149 Å². The molecule has 2 aromatic rings. The maximum atomic E-state index is 12.0. The van der Waals surface area contributed by atoms with E-state index in [4.69, 9.17) is 28.9 Å². The number of nitrogens with two attached hydrogens (primary N) is 1. The fourth-order valence-corrected chi connectivity index (χ4v) is 3.24. The van der Waals surface area contributed by atoms with Crippen LogP contribution < -0.4 is 11.2 Å². The van der Waals surface area contributed by atoms with Gasteiger partial charge in [0.1, 0.15) is 5.02 Å². The van der Waals surface area contributed by atoms with Gasteiger partial charge in [0.2, 0.25) is 5.96 Å². The van der Waals surface area contributed by atoms with Gasteiger partial charge in [-0.2, -0.15) is 13.5 Å². The van der Waals surface area contributed by atoms with E-state index < -0.39 is 26.7 Å². The monoisotopic (exact) mass is 445 g/mol. The lowest BCUT2D eigenvalue weighted by molar-refractivity contribution is -0.384. The molecule has 0 atom stereocenters. The number of nitro groups is 1. The van der Waals surface area contributed by atoms with Crippen molar-refractivity contribution in [3.05, 3.63) is 67.7 Å². The maximum absolute atomic E-state index is 12.0. The molecule has 0 radical (unpaired) electrons. The molecule has 0 aliphatic carbocycles. The Morgan fingerprint density at radius 2 is 1.93 bits per heavy atom. The highest BCUT2D eigenvalue weighted by Crippen LogP contribution is 2.30. The third-order valence-corrected chi connectivity index (χ3v) is 4.83. The molecule has 0 unspecified atom stereocenters. The van der Waals surface area contributed by atoms with Crippen molar-refractivity contribution >= 4 is 51.2 Å². The fourth-order valence-electron chi connectivity index (χ4n) is 1.90. The van der Waals surface area contributed by atoms with Gasteiger partial charge in [0, 0.05) is 5.02 Å². The van der Waals surface area contributed by atoms with Gasteiger partial charge in [-0.3, -0.25) is 10.1 Å². The Balaban J connectivity index is 2.11. The van der Waals surface area contributed by atoms with E-state index in [1.807, 2.05) is 5.48 Å². The zero-order valence-electron chi connectivity index (χ0n) is 14.2. The van der Waals surface area contributed by atoms with E-state index in [1.54, 1.807) is 19.1 Å². The lowest BCUT2D eigenvalue weighted by Gasteiger charge is -2.06. The van der Waals surface area contributed by atoms with Crippen LogP contribution >= 0.6 is 23.2 Å². The fraction of sp³-hybridized carbons (Fsp3) is 0.0667. The van der Waals surface area contributed by atoms with Gasteiger partial charge in [0.15, 0.2) is 0 Å². The van der Waals surface area contributed by atoms with Crippen molar-refractivity contribution < 1.29 is 17.6 Å². The minimum atomic E-state index is -4.13. The summed E-state index contributed by atoms with van der Waals surface area (Å²) in [4.78, 5) is 10.3. The van der Waals surface area contributed by atoms with Crippen molar-refractivity contribution in [2.45, 2.75) is 11.8 Å². The van der Waals surface area contributed by atoms with Crippen molar-refractivity contribution in [1.29, 1.82) is 0 Å². The Bertz CT molecular complexity index is 1060. The molecule has 0 aliphatic heterocycles. The number of benzene rings is 2. The molecule has 13 heteroatoms. The smallest absolute Gasteiger partial charge is 0.317 e. The molecular weight excluding hydrogens is 433 g/mol. The van der Waals surface area contributed by atoms with Crippen molar-refractivity contribution in [2.24, 2.45) is 15.9 Å². The van der Waals surface area contributed by atoms with E-state index in [2.05, 4.69) is 14.5 Å². The first-order valence-electron chi connectivity index (χ1n) is 7.36. The Morgan fingerprint density at radius 1 is 1.29 bits per heavy atom. The van der Waals surface area contributed by atoms with E-state index in [0.717, 1.165) is 11.8 Å². The predicted octanol–water partition coefficient (Wildman–Crippen LogP) is 2.77. The number of rotatable bonds is 6. The van der Waals surface area contributed by atoms with Gasteiger partial charge in [-0.15, -0.1) is 9.39 Å². The molecule has 2 aromatic carbocycles. The zero-order chi connectivity index (χ0) is 20.9. The molecule has 0 saturated heterocycles. The molecule has 0 spiro atoms. The molecule has 148 valence electrons. The first kappa shape index (κ1) is 21.6. The summed E-state index contributed by atoms with van der Waals surface area (Å²) in [6, 6.07) is 8.38. The summed E-state index contributed by atoms with van der Waals surface area (Å²) in [5.41, 5.74) is 7.81. The summed E-state index contributed by atoms with van der Waals surface area (Å²) in [5, 5.41) is 18.0. The number of halogens is 2. The first-order valence-corrected chi connectivity index (χ1v) is 9.52. The molecule has 0 fully saturated rings. The Hall–Kier alpha value is -2.73. The normalized spacial score (nSPS) is 12.3. The third kappa shape index (κ3) is 5.63. The van der Waals surface area contributed by atoms with Gasteiger partial charge >= 0.3 is 10.1 Å². The number of nitro benzene ring substituents is 1. The Labute approximate surface area is 169 Å². The molecule has 2 rings (SSSR count). The van der Waals surface area contributed by atoms with Crippen molar-refractivity contribution in [2.75, 3.05) is 0 Å². The lowest BCUT2D eigenvalue weighted by atomic mass is 10.2. The van der Waals surface area contributed by atoms with Crippen LogP contribution in [0, 0.1) is 17.0 Å². The number of guanidine groups is 1. The molecule has 3 N–H and O–H groups in total. The van der Waals surface area contributed by atoms with Crippen LogP contribution in [-0.4, -0.2) is 25.5 Å². The highest BCUT2D eigenvalue weighted by Gasteiger charge is 2.19. The van der Waals surface area contributed by atoms with Gasteiger partial charge in [-0.25, -0.2) is 5.48 Å². The summed E-state index contributed by atoms with van der Waals surface area (Å²) in [7, 11) is -4.13. The van der Waals surface area contributed by atoms with Crippen molar-refractivity contribution in [3.8, 4) is 0 Å².